The van der Waals surface area contributed by atoms with Crippen molar-refractivity contribution in [3.8, 4) is 0 Å². The Morgan fingerprint density at radius 2 is 2.20 bits per heavy atom. The van der Waals surface area contributed by atoms with Gasteiger partial charge in [0.1, 0.15) is 5.52 Å². The number of anilines is 2. The fraction of sp³-hybridized carbons (Fsp3) is 0.500. The van der Waals surface area contributed by atoms with Gasteiger partial charge >= 0.3 is 0 Å². The van der Waals surface area contributed by atoms with Crippen LogP contribution in [0.2, 0.25) is 0 Å². The summed E-state index contributed by atoms with van der Waals surface area (Å²) in [5.74, 6) is 1.44. The zero-order valence-electron chi connectivity index (χ0n) is 11.8. The van der Waals surface area contributed by atoms with Gasteiger partial charge in [0.2, 0.25) is 5.95 Å². The molecule has 6 heteroatoms. The van der Waals surface area contributed by atoms with Crippen LogP contribution in [0.15, 0.2) is 18.5 Å². The molecule has 0 aliphatic heterocycles. The molecule has 2 aromatic heterocycles. The molecule has 1 saturated carbocycles. The molecule has 0 saturated heterocycles. The van der Waals surface area contributed by atoms with Crippen molar-refractivity contribution in [1.29, 1.82) is 0 Å². The van der Waals surface area contributed by atoms with Crippen molar-refractivity contribution in [3.05, 3.63) is 18.5 Å². The zero-order valence-corrected chi connectivity index (χ0v) is 11.8. The highest BCUT2D eigenvalue weighted by Gasteiger charge is 2.36. The van der Waals surface area contributed by atoms with Crippen molar-refractivity contribution in [3.63, 3.8) is 0 Å². The van der Waals surface area contributed by atoms with E-state index >= 15 is 0 Å². The summed E-state index contributed by atoms with van der Waals surface area (Å²) in [7, 11) is 0. The first-order valence-corrected chi connectivity index (χ1v) is 6.98. The van der Waals surface area contributed by atoms with E-state index in [0.717, 1.165) is 36.1 Å². The molecule has 2 heterocycles. The number of rotatable bonds is 4. The molecule has 6 nitrogen and oxygen atoms in total. The van der Waals surface area contributed by atoms with E-state index in [2.05, 4.69) is 32.5 Å². The lowest BCUT2D eigenvalue weighted by molar-refractivity contribution is 0.247. The summed E-state index contributed by atoms with van der Waals surface area (Å²) in [5, 5.41) is 7.55. The predicted octanol–water partition coefficient (Wildman–Crippen LogP) is 1.75. The molecule has 4 N–H and O–H groups in total. The number of aromatic nitrogens is 3. The summed E-state index contributed by atoms with van der Waals surface area (Å²) in [4.78, 5) is 13.3. The number of hydrogen-bond donors (Lipinski definition) is 3. The van der Waals surface area contributed by atoms with Crippen LogP contribution in [0.25, 0.3) is 10.9 Å². The number of fused-ring (bicyclic) bond motifs is 1. The quantitative estimate of drug-likeness (QED) is 0.785. The molecule has 1 aliphatic carbocycles. The summed E-state index contributed by atoms with van der Waals surface area (Å²) < 4.78 is 0. The van der Waals surface area contributed by atoms with Crippen LogP contribution in [0.3, 0.4) is 0 Å². The average Bonchev–Trinajstić information content (AvgIpc) is 2.38. The fourth-order valence-corrected chi connectivity index (χ4v) is 2.67. The first kappa shape index (κ1) is 13.1. The van der Waals surface area contributed by atoms with Crippen molar-refractivity contribution in [2.45, 2.75) is 38.3 Å². The van der Waals surface area contributed by atoms with E-state index in [9.17, 15) is 0 Å². The molecule has 0 bridgehead atoms. The Kier molecular flexibility index (Phi) is 3.17. The fourth-order valence-electron chi connectivity index (χ4n) is 2.67. The van der Waals surface area contributed by atoms with Gasteiger partial charge in [0.05, 0.1) is 0 Å². The Hall–Kier alpha value is -1.95. The van der Waals surface area contributed by atoms with Gasteiger partial charge in [-0.2, -0.15) is 0 Å². The number of pyridine rings is 1. The first-order chi connectivity index (χ1) is 9.57. The summed E-state index contributed by atoms with van der Waals surface area (Å²) in [5.41, 5.74) is 6.82. The maximum Gasteiger partial charge on any atom is 0.223 e. The predicted molar refractivity (Wildman–Crippen MR) is 80.7 cm³/mol. The Balaban J connectivity index is 1.84. The second-order valence-corrected chi connectivity index (χ2v) is 5.72. The third-order valence-electron chi connectivity index (χ3n) is 3.60. The molecule has 0 radical (unpaired) electrons. The van der Waals surface area contributed by atoms with E-state index < -0.39 is 0 Å². The molecule has 1 aliphatic rings. The van der Waals surface area contributed by atoms with Crippen molar-refractivity contribution in [2.75, 3.05) is 17.2 Å². The van der Waals surface area contributed by atoms with Crippen LogP contribution in [-0.2, 0) is 0 Å². The second-order valence-electron chi connectivity index (χ2n) is 5.72. The van der Waals surface area contributed by atoms with Gasteiger partial charge in [-0.25, -0.2) is 15.0 Å². The smallest absolute Gasteiger partial charge is 0.223 e. The SMILES string of the molecule is CCNc1nccc2cnc(NC3CC(C)(N)C3)nc12. The maximum atomic E-state index is 6.02. The highest BCUT2D eigenvalue weighted by Crippen LogP contribution is 2.31. The van der Waals surface area contributed by atoms with Gasteiger partial charge in [0, 0.05) is 35.9 Å². The number of nitrogens with one attached hydrogen (secondary N) is 2. The van der Waals surface area contributed by atoms with Gasteiger partial charge in [-0.1, -0.05) is 0 Å². The summed E-state index contributed by atoms with van der Waals surface area (Å²) >= 11 is 0. The molecule has 0 aromatic carbocycles. The molecule has 106 valence electrons. The topological polar surface area (TPSA) is 88.8 Å². The van der Waals surface area contributed by atoms with Crippen LogP contribution >= 0.6 is 0 Å². The molecule has 0 spiro atoms. The van der Waals surface area contributed by atoms with E-state index in [1.807, 2.05) is 19.2 Å². The Morgan fingerprint density at radius 3 is 2.90 bits per heavy atom. The molecule has 2 aromatic rings. The molecule has 20 heavy (non-hydrogen) atoms. The summed E-state index contributed by atoms with van der Waals surface area (Å²) in [6.45, 7) is 4.92. The maximum absolute atomic E-state index is 6.02. The highest BCUT2D eigenvalue weighted by atomic mass is 15.1. The van der Waals surface area contributed by atoms with Gasteiger partial charge in [-0.05, 0) is 32.8 Å². The Labute approximate surface area is 118 Å². The van der Waals surface area contributed by atoms with Crippen LogP contribution in [0.5, 0.6) is 0 Å². The molecule has 3 rings (SSSR count). The monoisotopic (exact) mass is 272 g/mol. The summed E-state index contributed by atoms with van der Waals surface area (Å²) in [6.07, 6.45) is 5.49. The lowest BCUT2D eigenvalue weighted by atomic mass is 9.75. The van der Waals surface area contributed by atoms with Crippen molar-refractivity contribution in [2.24, 2.45) is 5.73 Å². The summed E-state index contributed by atoms with van der Waals surface area (Å²) in [6, 6.07) is 2.28. The average molecular weight is 272 g/mol. The minimum atomic E-state index is -0.0506. The van der Waals surface area contributed by atoms with Crippen molar-refractivity contribution in [1.82, 2.24) is 15.0 Å². The van der Waals surface area contributed by atoms with E-state index in [4.69, 9.17) is 5.73 Å². The standard InChI is InChI=1S/C14H20N6/c1-3-16-12-11-9(4-5-17-12)8-18-13(20-11)19-10-6-14(2,15)7-10/h4-5,8,10H,3,6-7,15H2,1-2H3,(H,16,17)(H,18,19,20). The molecule has 0 unspecified atom stereocenters. The first-order valence-electron chi connectivity index (χ1n) is 6.98. The largest absolute Gasteiger partial charge is 0.369 e. The highest BCUT2D eigenvalue weighted by molar-refractivity contribution is 5.88. The van der Waals surface area contributed by atoms with Gasteiger partial charge in [0.15, 0.2) is 5.82 Å². The van der Waals surface area contributed by atoms with Gasteiger partial charge in [-0.15, -0.1) is 0 Å². The number of hydrogen-bond acceptors (Lipinski definition) is 6. The van der Waals surface area contributed by atoms with Crippen LogP contribution in [0.4, 0.5) is 11.8 Å². The molecule has 1 fully saturated rings. The number of nitrogens with zero attached hydrogens (tertiary/aromatic N) is 3. The minimum Gasteiger partial charge on any atom is -0.369 e. The van der Waals surface area contributed by atoms with Crippen LogP contribution in [0, 0.1) is 0 Å². The molecule has 0 atom stereocenters. The normalized spacial score (nSPS) is 25.2. The van der Waals surface area contributed by atoms with Crippen LogP contribution in [0.1, 0.15) is 26.7 Å². The van der Waals surface area contributed by atoms with Crippen LogP contribution < -0.4 is 16.4 Å². The van der Waals surface area contributed by atoms with E-state index in [1.54, 1.807) is 6.20 Å². The van der Waals surface area contributed by atoms with Gasteiger partial charge < -0.3 is 16.4 Å². The van der Waals surface area contributed by atoms with E-state index in [0.29, 0.717) is 12.0 Å². The van der Waals surface area contributed by atoms with Gasteiger partial charge in [-0.3, -0.25) is 0 Å². The second kappa shape index (κ2) is 4.86. The van der Waals surface area contributed by atoms with Crippen LogP contribution in [-0.4, -0.2) is 33.1 Å². The van der Waals surface area contributed by atoms with Gasteiger partial charge in [0.25, 0.3) is 0 Å². The molecule has 0 amide bonds. The number of nitrogens with two attached hydrogens (primary N) is 1. The minimum absolute atomic E-state index is 0.0506. The van der Waals surface area contributed by atoms with Crippen molar-refractivity contribution >= 4 is 22.7 Å². The third kappa shape index (κ3) is 2.51. The van der Waals surface area contributed by atoms with E-state index in [1.165, 1.54) is 0 Å². The third-order valence-corrected chi connectivity index (χ3v) is 3.60. The lowest BCUT2D eigenvalue weighted by Crippen LogP contribution is -2.54. The Morgan fingerprint density at radius 1 is 1.40 bits per heavy atom. The molecular weight excluding hydrogens is 252 g/mol. The van der Waals surface area contributed by atoms with E-state index in [-0.39, 0.29) is 5.54 Å². The zero-order chi connectivity index (χ0) is 14.2. The molecular formula is C14H20N6. The van der Waals surface area contributed by atoms with Crippen molar-refractivity contribution < 1.29 is 0 Å². The Bertz CT molecular complexity index is 616. The lowest BCUT2D eigenvalue weighted by Gasteiger charge is -2.42.